The lowest BCUT2D eigenvalue weighted by Crippen LogP contribution is -2.21. The van der Waals surface area contributed by atoms with E-state index in [1.165, 1.54) is 6.07 Å². The fourth-order valence-electron chi connectivity index (χ4n) is 2.20. The summed E-state index contributed by atoms with van der Waals surface area (Å²) >= 11 is 0. The fraction of sp³-hybridized carbons (Fsp3) is 0.235. The Hall–Kier alpha value is -2.49. The molecule has 0 spiro atoms. The van der Waals surface area contributed by atoms with Crippen LogP contribution in [0.25, 0.3) is 22.2 Å². The van der Waals surface area contributed by atoms with Gasteiger partial charge in [-0.05, 0) is 18.2 Å². The summed E-state index contributed by atoms with van der Waals surface area (Å²) in [6.07, 6.45) is 1.77. The molecule has 0 atom stereocenters. The van der Waals surface area contributed by atoms with Gasteiger partial charge < -0.3 is 4.98 Å². The van der Waals surface area contributed by atoms with Crippen molar-refractivity contribution >= 4 is 10.9 Å². The maximum atomic E-state index is 11.9. The van der Waals surface area contributed by atoms with Crippen molar-refractivity contribution in [1.29, 1.82) is 0 Å². The van der Waals surface area contributed by atoms with Gasteiger partial charge in [0.15, 0.2) is 0 Å². The highest BCUT2D eigenvalue weighted by Crippen LogP contribution is 2.23. The molecular formula is C17H17N3O. The number of aromatic amines is 1. The Labute approximate surface area is 122 Å². The highest BCUT2D eigenvalue weighted by atomic mass is 16.1. The number of hydrogen-bond donors (Lipinski definition) is 1. The quantitative estimate of drug-likeness (QED) is 0.743. The molecule has 1 N–H and O–H groups in total. The Morgan fingerprint density at radius 1 is 1.10 bits per heavy atom. The van der Waals surface area contributed by atoms with Gasteiger partial charge in [-0.2, -0.15) is 0 Å². The van der Waals surface area contributed by atoms with Gasteiger partial charge in [0, 0.05) is 28.6 Å². The largest absolute Gasteiger partial charge is 0.310 e. The molecule has 1 aromatic carbocycles. The third-order valence-electron chi connectivity index (χ3n) is 3.35. The fourth-order valence-corrected chi connectivity index (χ4v) is 2.20. The molecule has 3 rings (SSSR count). The van der Waals surface area contributed by atoms with Crippen molar-refractivity contribution in [3.8, 4) is 11.3 Å². The van der Waals surface area contributed by atoms with E-state index in [0.29, 0.717) is 11.5 Å². The average Bonchev–Trinajstić information content (AvgIpc) is 2.45. The Bertz CT molecular complexity index is 860. The van der Waals surface area contributed by atoms with Crippen molar-refractivity contribution in [2.45, 2.75) is 26.2 Å². The maximum Gasteiger partial charge on any atom is 0.251 e. The van der Waals surface area contributed by atoms with Crippen LogP contribution in [0.3, 0.4) is 0 Å². The van der Waals surface area contributed by atoms with Crippen molar-refractivity contribution in [3.63, 3.8) is 0 Å². The first-order valence-electron chi connectivity index (χ1n) is 6.90. The van der Waals surface area contributed by atoms with Gasteiger partial charge in [-0.1, -0.05) is 32.9 Å². The molecule has 106 valence electrons. The lowest BCUT2D eigenvalue weighted by atomic mass is 9.95. The molecule has 2 aromatic heterocycles. The van der Waals surface area contributed by atoms with Crippen molar-refractivity contribution in [2.75, 3.05) is 0 Å². The summed E-state index contributed by atoms with van der Waals surface area (Å²) in [6.45, 7) is 6.08. The van der Waals surface area contributed by atoms with Crippen LogP contribution in [-0.2, 0) is 5.41 Å². The number of nitrogens with zero attached hydrogens (tertiary/aromatic N) is 2. The molecule has 4 heteroatoms. The zero-order chi connectivity index (χ0) is 15.0. The number of pyridine rings is 1. The second kappa shape index (κ2) is 4.81. The van der Waals surface area contributed by atoms with E-state index in [9.17, 15) is 4.79 Å². The summed E-state index contributed by atoms with van der Waals surface area (Å²) in [4.78, 5) is 23.6. The van der Waals surface area contributed by atoms with Crippen LogP contribution in [0, 0.1) is 0 Å². The summed E-state index contributed by atoms with van der Waals surface area (Å²) in [5, 5.41) is 1.04. The van der Waals surface area contributed by atoms with Gasteiger partial charge in [0.1, 0.15) is 5.82 Å². The Morgan fingerprint density at radius 2 is 1.90 bits per heavy atom. The number of rotatable bonds is 1. The van der Waals surface area contributed by atoms with E-state index in [0.717, 1.165) is 16.5 Å². The molecule has 0 aliphatic rings. The minimum absolute atomic E-state index is 0.129. The van der Waals surface area contributed by atoms with Gasteiger partial charge in [-0.25, -0.2) is 4.98 Å². The number of fused-ring (bicyclic) bond motifs is 1. The van der Waals surface area contributed by atoms with E-state index in [2.05, 4.69) is 15.0 Å². The zero-order valence-corrected chi connectivity index (χ0v) is 12.3. The minimum Gasteiger partial charge on any atom is -0.310 e. The van der Waals surface area contributed by atoms with Crippen LogP contribution >= 0.6 is 0 Å². The second-order valence-electron chi connectivity index (χ2n) is 6.14. The van der Waals surface area contributed by atoms with Crippen molar-refractivity contribution in [3.05, 3.63) is 58.8 Å². The smallest absolute Gasteiger partial charge is 0.251 e. The van der Waals surface area contributed by atoms with E-state index in [1.54, 1.807) is 6.20 Å². The van der Waals surface area contributed by atoms with E-state index in [4.69, 9.17) is 0 Å². The Kier molecular flexibility index (Phi) is 3.09. The third-order valence-corrected chi connectivity index (χ3v) is 3.35. The SMILES string of the molecule is CC(C)(C)c1nc(-c2ccc3ncccc3c2)cc(=O)[nH]1. The average molecular weight is 279 g/mol. The van der Waals surface area contributed by atoms with Crippen molar-refractivity contribution in [1.82, 2.24) is 15.0 Å². The summed E-state index contributed by atoms with van der Waals surface area (Å²) in [7, 11) is 0. The summed E-state index contributed by atoms with van der Waals surface area (Å²) in [5.74, 6) is 0.691. The van der Waals surface area contributed by atoms with Crippen molar-refractivity contribution < 1.29 is 0 Å². The maximum absolute atomic E-state index is 11.9. The number of aromatic nitrogens is 3. The monoisotopic (exact) mass is 279 g/mol. The predicted octanol–water partition coefficient (Wildman–Crippen LogP) is 3.28. The van der Waals surface area contributed by atoms with Crippen LogP contribution in [0.4, 0.5) is 0 Å². The molecule has 0 saturated carbocycles. The number of benzene rings is 1. The van der Waals surface area contributed by atoms with Gasteiger partial charge >= 0.3 is 0 Å². The zero-order valence-electron chi connectivity index (χ0n) is 12.3. The van der Waals surface area contributed by atoms with Crippen molar-refractivity contribution in [2.24, 2.45) is 0 Å². The topological polar surface area (TPSA) is 58.6 Å². The first-order valence-corrected chi connectivity index (χ1v) is 6.90. The third kappa shape index (κ3) is 2.70. The van der Waals surface area contributed by atoms with Gasteiger partial charge in [0.25, 0.3) is 5.56 Å². The minimum atomic E-state index is -0.201. The lowest BCUT2D eigenvalue weighted by Gasteiger charge is -2.17. The summed E-state index contributed by atoms with van der Waals surface area (Å²) in [5.41, 5.74) is 2.22. The standard InChI is InChI=1S/C17H17N3O/c1-17(2,3)16-19-14(10-15(21)20-16)12-6-7-13-11(9-12)5-4-8-18-13/h4-10H,1-3H3,(H,19,20,21). The molecule has 3 aromatic rings. The molecule has 0 aliphatic carbocycles. The highest BCUT2D eigenvalue weighted by Gasteiger charge is 2.18. The van der Waals surface area contributed by atoms with Gasteiger partial charge in [-0.3, -0.25) is 9.78 Å². The molecule has 0 unspecified atom stereocenters. The molecule has 0 fully saturated rings. The first kappa shape index (κ1) is 13.5. The normalized spacial score (nSPS) is 11.8. The number of H-pyrrole nitrogens is 1. The predicted molar refractivity (Wildman–Crippen MR) is 84.3 cm³/mol. The molecule has 21 heavy (non-hydrogen) atoms. The van der Waals surface area contributed by atoms with Gasteiger partial charge in [-0.15, -0.1) is 0 Å². The van der Waals surface area contributed by atoms with Crippen LogP contribution in [0.15, 0.2) is 47.4 Å². The molecule has 0 saturated heterocycles. The Morgan fingerprint density at radius 3 is 2.67 bits per heavy atom. The molecule has 0 bridgehead atoms. The van der Waals surface area contributed by atoms with E-state index in [-0.39, 0.29) is 11.0 Å². The number of hydrogen-bond acceptors (Lipinski definition) is 3. The van der Waals surface area contributed by atoms with E-state index < -0.39 is 0 Å². The molecular weight excluding hydrogens is 262 g/mol. The molecule has 0 aliphatic heterocycles. The summed E-state index contributed by atoms with van der Waals surface area (Å²) < 4.78 is 0. The van der Waals surface area contributed by atoms with Crippen LogP contribution in [0.1, 0.15) is 26.6 Å². The van der Waals surface area contributed by atoms with Crippen LogP contribution in [-0.4, -0.2) is 15.0 Å². The molecule has 0 radical (unpaired) electrons. The van der Waals surface area contributed by atoms with Gasteiger partial charge in [0.2, 0.25) is 0 Å². The Balaban J connectivity index is 2.18. The summed E-state index contributed by atoms with van der Waals surface area (Å²) in [6, 6.07) is 11.3. The second-order valence-corrected chi connectivity index (χ2v) is 6.14. The van der Waals surface area contributed by atoms with Crippen LogP contribution in [0.5, 0.6) is 0 Å². The van der Waals surface area contributed by atoms with Crippen LogP contribution in [0.2, 0.25) is 0 Å². The molecule has 0 amide bonds. The van der Waals surface area contributed by atoms with E-state index in [1.807, 2.05) is 51.1 Å². The van der Waals surface area contributed by atoms with E-state index >= 15 is 0 Å². The first-order chi connectivity index (χ1) is 9.93. The van der Waals surface area contributed by atoms with Crippen LogP contribution < -0.4 is 5.56 Å². The van der Waals surface area contributed by atoms with Gasteiger partial charge in [0.05, 0.1) is 11.2 Å². The molecule has 4 nitrogen and oxygen atoms in total. The lowest BCUT2D eigenvalue weighted by molar-refractivity contribution is 0.543. The highest BCUT2D eigenvalue weighted by molar-refractivity contribution is 5.83. The number of nitrogens with one attached hydrogen (secondary N) is 1. The molecule has 2 heterocycles.